The van der Waals surface area contributed by atoms with Gasteiger partial charge in [-0.15, -0.1) is 0 Å². The summed E-state index contributed by atoms with van der Waals surface area (Å²) in [4.78, 5) is 14.8. The zero-order valence-corrected chi connectivity index (χ0v) is 10.5. The molecule has 17 heavy (non-hydrogen) atoms. The van der Waals surface area contributed by atoms with Gasteiger partial charge in [-0.05, 0) is 26.0 Å². The fourth-order valence-electron chi connectivity index (χ4n) is 1.30. The summed E-state index contributed by atoms with van der Waals surface area (Å²) in [5.74, 6) is -0.600. The Bertz CT molecular complexity index is 398. The molecule has 5 nitrogen and oxygen atoms in total. The molecule has 0 saturated heterocycles. The van der Waals surface area contributed by atoms with Gasteiger partial charge in [-0.25, -0.2) is 9.78 Å². The first-order valence-electron chi connectivity index (χ1n) is 5.29. The van der Waals surface area contributed by atoms with Crippen molar-refractivity contribution in [3.05, 3.63) is 22.8 Å². The monoisotopic (exact) mass is 258 g/mol. The van der Waals surface area contributed by atoms with Gasteiger partial charge in [0.25, 0.3) is 0 Å². The maximum atomic E-state index is 10.8. The van der Waals surface area contributed by atoms with Crippen molar-refractivity contribution in [2.45, 2.75) is 20.0 Å². The van der Waals surface area contributed by atoms with E-state index >= 15 is 0 Å². The summed E-state index contributed by atoms with van der Waals surface area (Å²) in [6.07, 6.45) is 0.0223. The maximum absolute atomic E-state index is 10.8. The molecular formula is C11H15ClN2O3. The van der Waals surface area contributed by atoms with Gasteiger partial charge < -0.3 is 15.2 Å². The highest BCUT2D eigenvalue weighted by Gasteiger charge is 2.08. The first-order chi connectivity index (χ1) is 8.02. The van der Waals surface area contributed by atoms with E-state index < -0.39 is 5.97 Å². The number of nitrogens with zero attached hydrogens (tertiary/aromatic N) is 1. The first-order valence-corrected chi connectivity index (χ1v) is 5.67. The lowest BCUT2D eigenvalue weighted by atomic mass is 10.2. The van der Waals surface area contributed by atoms with Crippen LogP contribution in [-0.2, 0) is 4.74 Å². The average molecular weight is 259 g/mol. The molecule has 94 valence electrons. The van der Waals surface area contributed by atoms with Gasteiger partial charge in [0.15, 0.2) is 0 Å². The average Bonchev–Trinajstić information content (AvgIpc) is 2.26. The highest BCUT2D eigenvalue weighted by atomic mass is 35.5. The van der Waals surface area contributed by atoms with Crippen LogP contribution in [0.2, 0.25) is 5.15 Å². The molecule has 0 amide bonds. The quantitative estimate of drug-likeness (QED) is 0.766. The third-order valence-corrected chi connectivity index (χ3v) is 2.26. The smallest absolute Gasteiger partial charge is 0.335 e. The lowest BCUT2D eigenvalue weighted by Gasteiger charge is -2.13. The Morgan fingerprint density at radius 2 is 2.35 bits per heavy atom. The van der Waals surface area contributed by atoms with E-state index in [-0.39, 0.29) is 16.8 Å². The number of carboxylic acid groups (broad SMARTS) is 1. The summed E-state index contributed by atoms with van der Waals surface area (Å²) >= 11 is 5.72. The summed E-state index contributed by atoms with van der Waals surface area (Å²) in [7, 11) is 0. The molecule has 1 heterocycles. The van der Waals surface area contributed by atoms with Crippen LogP contribution >= 0.6 is 11.6 Å². The molecule has 0 radical (unpaired) electrons. The van der Waals surface area contributed by atoms with Crippen LogP contribution in [0.15, 0.2) is 12.1 Å². The standard InChI is InChI=1S/C11H15ClN2O3/c1-3-17-7(2)6-13-10-5-8(11(15)16)4-9(12)14-10/h4-5,7H,3,6H2,1-2H3,(H,13,14)(H,15,16). The predicted octanol–water partition coefficient (Wildman–Crippen LogP) is 2.27. The number of hydrogen-bond donors (Lipinski definition) is 2. The first kappa shape index (κ1) is 13.7. The number of carboxylic acids is 1. The van der Waals surface area contributed by atoms with Gasteiger partial charge in [0.05, 0.1) is 11.7 Å². The van der Waals surface area contributed by atoms with Crippen molar-refractivity contribution in [1.29, 1.82) is 0 Å². The topological polar surface area (TPSA) is 71.5 Å². The van der Waals surface area contributed by atoms with Gasteiger partial charge in [-0.2, -0.15) is 0 Å². The number of ether oxygens (including phenoxy) is 1. The van der Waals surface area contributed by atoms with E-state index in [0.717, 1.165) is 0 Å². The van der Waals surface area contributed by atoms with E-state index in [0.29, 0.717) is 19.0 Å². The predicted molar refractivity (Wildman–Crippen MR) is 65.8 cm³/mol. The number of anilines is 1. The summed E-state index contributed by atoms with van der Waals surface area (Å²) in [6.45, 7) is 5.00. The zero-order valence-electron chi connectivity index (χ0n) is 9.74. The number of carbonyl (C=O) groups is 1. The van der Waals surface area contributed by atoms with Gasteiger partial charge in [-0.1, -0.05) is 11.6 Å². The van der Waals surface area contributed by atoms with E-state index in [4.69, 9.17) is 21.4 Å². The van der Waals surface area contributed by atoms with Crippen molar-refractivity contribution in [2.24, 2.45) is 0 Å². The van der Waals surface area contributed by atoms with Crippen LogP contribution < -0.4 is 5.32 Å². The lowest BCUT2D eigenvalue weighted by molar-refractivity contribution is 0.0697. The number of nitrogens with one attached hydrogen (secondary N) is 1. The molecule has 0 aliphatic carbocycles. The van der Waals surface area contributed by atoms with Crippen LogP contribution in [0.1, 0.15) is 24.2 Å². The Labute approximate surface area is 105 Å². The second-order valence-electron chi connectivity index (χ2n) is 3.52. The minimum atomic E-state index is -1.03. The van der Waals surface area contributed by atoms with Crippen molar-refractivity contribution in [3.8, 4) is 0 Å². The van der Waals surface area contributed by atoms with E-state index in [9.17, 15) is 4.79 Å². The molecule has 0 aliphatic rings. The van der Waals surface area contributed by atoms with Gasteiger partial charge >= 0.3 is 5.97 Å². The Hall–Kier alpha value is -1.33. The van der Waals surface area contributed by atoms with Gasteiger partial charge in [-0.3, -0.25) is 0 Å². The number of aromatic carboxylic acids is 1. The van der Waals surface area contributed by atoms with Crippen molar-refractivity contribution in [3.63, 3.8) is 0 Å². The fourth-order valence-corrected chi connectivity index (χ4v) is 1.51. The Morgan fingerprint density at radius 3 is 2.94 bits per heavy atom. The molecule has 0 spiro atoms. The molecule has 0 bridgehead atoms. The van der Waals surface area contributed by atoms with Crippen LogP contribution in [0.25, 0.3) is 0 Å². The van der Waals surface area contributed by atoms with Crippen LogP contribution in [0.3, 0.4) is 0 Å². The molecule has 1 aromatic heterocycles. The Balaban J connectivity index is 2.68. The number of halogens is 1. The minimum Gasteiger partial charge on any atom is -0.478 e. The number of rotatable bonds is 6. The summed E-state index contributed by atoms with van der Waals surface area (Å²) in [5.41, 5.74) is 0.108. The van der Waals surface area contributed by atoms with E-state index in [1.54, 1.807) is 0 Å². The highest BCUT2D eigenvalue weighted by molar-refractivity contribution is 6.29. The summed E-state index contributed by atoms with van der Waals surface area (Å²) in [6, 6.07) is 2.74. The summed E-state index contributed by atoms with van der Waals surface area (Å²) < 4.78 is 5.33. The van der Waals surface area contributed by atoms with E-state index in [1.165, 1.54) is 12.1 Å². The maximum Gasteiger partial charge on any atom is 0.335 e. The molecule has 0 saturated carbocycles. The molecule has 2 N–H and O–H groups in total. The normalized spacial score (nSPS) is 12.2. The van der Waals surface area contributed by atoms with Crippen molar-refractivity contribution < 1.29 is 14.6 Å². The molecule has 1 rings (SSSR count). The number of pyridine rings is 1. The van der Waals surface area contributed by atoms with Crippen LogP contribution in [0.4, 0.5) is 5.82 Å². The second kappa shape index (κ2) is 6.42. The number of hydrogen-bond acceptors (Lipinski definition) is 4. The second-order valence-corrected chi connectivity index (χ2v) is 3.90. The highest BCUT2D eigenvalue weighted by Crippen LogP contribution is 2.14. The van der Waals surface area contributed by atoms with E-state index in [2.05, 4.69) is 10.3 Å². The van der Waals surface area contributed by atoms with Crippen molar-refractivity contribution in [1.82, 2.24) is 4.98 Å². The van der Waals surface area contributed by atoms with Gasteiger partial charge in [0, 0.05) is 13.2 Å². The largest absolute Gasteiger partial charge is 0.478 e. The minimum absolute atomic E-state index is 0.0223. The van der Waals surface area contributed by atoms with Crippen LogP contribution in [0.5, 0.6) is 0 Å². The molecule has 1 aromatic rings. The van der Waals surface area contributed by atoms with Gasteiger partial charge in [0.1, 0.15) is 11.0 Å². The molecule has 0 fully saturated rings. The third kappa shape index (κ3) is 4.58. The van der Waals surface area contributed by atoms with Crippen molar-refractivity contribution >= 4 is 23.4 Å². The molecule has 6 heteroatoms. The number of aromatic nitrogens is 1. The van der Waals surface area contributed by atoms with Crippen LogP contribution in [0, 0.1) is 0 Å². The Kier molecular flexibility index (Phi) is 5.18. The molecule has 0 aromatic carbocycles. The Morgan fingerprint density at radius 1 is 1.65 bits per heavy atom. The molecule has 1 unspecified atom stereocenters. The lowest BCUT2D eigenvalue weighted by Crippen LogP contribution is -2.20. The van der Waals surface area contributed by atoms with Crippen molar-refractivity contribution in [2.75, 3.05) is 18.5 Å². The zero-order chi connectivity index (χ0) is 12.8. The molecule has 1 atom stereocenters. The van der Waals surface area contributed by atoms with E-state index in [1.807, 2.05) is 13.8 Å². The molecule has 0 aliphatic heterocycles. The third-order valence-electron chi connectivity index (χ3n) is 2.06. The molecular weight excluding hydrogens is 244 g/mol. The fraction of sp³-hybridized carbons (Fsp3) is 0.455. The van der Waals surface area contributed by atoms with Gasteiger partial charge in [0.2, 0.25) is 0 Å². The van der Waals surface area contributed by atoms with Crippen LogP contribution in [-0.4, -0.2) is 35.3 Å². The summed E-state index contributed by atoms with van der Waals surface area (Å²) in [5, 5.41) is 12.0. The SMILES string of the molecule is CCOC(C)CNc1cc(C(=O)O)cc(Cl)n1.